The Labute approximate surface area is 219 Å². The summed E-state index contributed by atoms with van der Waals surface area (Å²) in [5.74, 6) is -6.40. The number of nitrogens with zero attached hydrogens (tertiary/aromatic N) is 6. The largest absolute Gasteiger partial charge is 0.393 e. The molecule has 5 rings (SSSR count). The van der Waals surface area contributed by atoms with Crippen LogP contribution in [-0.4, -0.2) is 59.8 Å². The number of aryl methyl sites for hydroxylation is 1. The Kier molecular flexibility index (Phi) is 7.01. The molecule has 0 unspecified atom stereocenters. The van der Waals surface area contributed by atoms with Crippen LogP contribution < -0.4 is 10.6 Å². The molecule has 0 radical (unpaired) electrons. The number of alkyl halides is 5. The van der Waals surface area contributed by atoms with Crippen molar-refractivity contribution >= 4 is 17.6 Å². The van der Waals surface area contributed by atoms with E-state index in [4.69, 9.17) is 0 Å². The molecule has 0 bridgehead atoms. The number of piperidine rings is 1. The molecule has 10 nitrogen and oxygen atoms in total. The van der Waals surface area contributed by atoms with E-state index in [1.54, 1.807) is 7.05 Å². The SMILES string of the molecule is Cn1nccc1C(=O)N[C@H](c1cn2nc(C[C@H]3C[C@@H](C(F)(F)F)CNC3=O)cnc2n1)C1CCC(F)(F)CC1. The number of nitrogens with one attached hydrogen (secondary N) is 2. The molecule has 0 aromatic carbocycles. The first kappa shape index (κ1) is 26.9. The number of hydrogen-bond acceptors (Lipinski definition) is 6. The molecule has 2 aliphatic rings. The van der Waals surface area contributed by atoms with Gasteiger partial charge in [0.1, 0.15) is 5.69 Å². The van der Waals surface area contributed by atoms with Gasteiger partial charge in [0.2, 0.25) is 11.8 Å². The average Bonchev–Trinajstić information content (AvgIpc) is 3.49. The Balaban J connectivity index is 1.39. The highest BCUT2D eigenvalue weighted by molar-refractivity contribution is 5.92. The summed E-state index contributed by atoms with van der Waals surface area (Å²) in [4.78, 5) is 33.9. The van der Waals surface area contributed by atoms with Crippen LogP contribution in [-0.2, 0) is 18.3 Å². The second-order valence-corrected chi connectivity index (χ2v) is 10.3. The lowest BCUT2D eigenvalue weighted by atomic mass is 9.81. The monoisotopic (exact) mass is 554 g/mol. The third-order valence-corrected chi connectivity index (χ3v) is 7.53. The highest BCUT2D eigenvalue weighted by Crippen LogP contribution is 2.41. The van der Waals surface area contributed by atoms with Gasteiger partial charge in [-0.15, -0.1) is 0 Å². The summed E-state index contributed by atoms with van der Waals surface area (Å²) < 4.78 is 70.1. The fourth-order valence-corrected chi connectivity index (χ4v) is 5.30. The number of carbonyl (C=O) groups excluding carboxylic acids is 2. The lowest BCUT2D eigenvalue weighted by molar-refractivity contribution is -0.183. The normalized spacial score (nSPS) is 23.0. The molecule has 1 aliphatic carbocycles. The smallest absolute Gasteiger partial charge is 0.355 e. The van der Waals surface area contributed by atoms with Crippen LogP contribution in [0.25, 0.3) is 5.78 Å². The molecule has 2 N–H and O–H groups in total. The first-order chi connectivity index (χ1) is 18.4. The van der Waals surface area contributed by atoms with E-state index in [9.17, 15) is 31.5 Å². The second kappa shape index (κ2) is 10.2. The van der Waals surface area contributed by atoms with Crippen LogP contribution in [0.15, 0.2) is 24.7 Å². The van der Waals surface area contributed by atoms with Crippen molar-refractivity contribution in [2.24, 2.45) is 24.8 Å². The lowest BCUT2D eigenvalue weighted by Gasteiger charge is -2.33. The second-order valence-electron chi connectivity index (χ2n) is 10.3. The quantitative estimate of drug-likeness (QED) is 0.453. The molecule has 1 saturated heterocycles. The highest BCUT2D eigenvalue weighted by Gasteiger charge is 2.45. The molecule has 1 saturated carbocycles. The van der Waals surface area contributed by atoms with Gasteiger partial charge in [-0.25, -0.2) is 23.3 Å². The standard InChI is InChI=1S/C24H27F5N8O2/c1-36-18(4-7-32-36)21(39)34-19(13-2-5-23(25,26)6-3-13)17-12-37-22(33-17)31-11-16(35-37)9-14-8-15(24(27,28)29)10-30-20(14)38/h4,7,11-15,19H,2-3,5-6,8-10H2,1H3,(H,30,38)(H,34,39)/t14-,15-,19+/m1/s1. The zero-order chi connectivity index (χ0) is 27.9. The van der Waals surface area contributed by atoms with Gasteiger partial charge in [0, 0.05) is 45.0 Å². The van der Waals surface area contributed by atoms with Crippen LogP contribution in [0, 0.1) is 17.8 Å². The van der Waals surface area contributed by atoms with Crippen LogP contribution in [0.1, 0.15) is 60.0 Å². The number of aromatic nitrogens is 6. The Bertz CT molecular complexity index is 1360. The summed E-state index contributed by atoms with van der Waals surface area (Å²) >= 11 is 0. The molecular formula is C24H27F5N8O2. The molecule has 3 aromatic rings. The van der Waals surface area contributed by atoms with E-state index in [1.807, 2.05) is 0 Å². The number of fused-ring (bicyclic) bond motifs is 1. The van der Waals surface area contributed by atoms with E-state index in [-0.39, 0.29) is 55.9 Å². The molecule has 4 heterocycles. The van der Waals surface area contributed by atoms with E-state index < -0.39 is 48.3 Å². The predicted octanol–water partition coefficient (Wildman–Crippen LogP) is 3.01. The molecule has 1 aliphatic heterocycles. The molecule has 2 fully saturated rings. The van der Waals surface area contributed by atoms with Gasteiger partial charge in [-0.2, -0.15) is 23.4 Å². The van der Waals surface area contributed by atoms with Crippen LogP contribution in [0.2, 0.25) is 0 Å². The van der Waals surface area contributed by atoms with Crippen LogP contribution in [0.4, 0.5) is 22.0 Å². The van der Waals surface area contributed by atoms with Gasteiger partial charge in [-0.3, -0.25) is 14.3 Å². The van der Waals surface area contributed by atoms with Crippen molar-refractivity contribution in [3.8, 4) is 0 Å². The Morgan fingerprint density at radius 2 is 2.03 bits per heavy atom. The van der Waals surface area contributed by atoms with Gasteiger partial charge < -0.3 is 10.6 Å². The first-order valence-corrected chi connectivity index (χ1v) is 12.6. The summed E-state index contributed by atoms with van der Waals surface area (Å²) in [6, 6.07) is 0.817. The lowest BCUT2D eigenvalue weighted by Crippen LogP contribution is -2.47. The maximum absolute atomic E-state index is 13.9. The summed E-state index contributed by atoms with van der Waals surface area (Å²) in [6.07, 6.45) is -0.772. The fourth-order valence-electron chi connectivity index (χ4n) is 5.30. The van der Waals surface area contributed by atoms with E-state index in [1.165, 1.54) is 33.9 Å². The predicted molar refractivity (Wildman–Crippen MR) is 125 cm³/mol. The van der Waals surface area contributed by atoms with E-state index in [0.29, 0.717) is 11.4 Å². The van der Waals surface area contributed by atoms with Crippen molar-refractivity contribution < 1.29 is 31.5 Å². The highest BCUT2D eigenvalue weighted by atomic mass is 19.4. The average molecular weight is 555 g/mol. The molecule has 39 heavy (non-hydrogen) atoms. The molecule has 3 aromatic heterocycles. The number of imidazole rings is 1. The first-order valence-electron chi connectivity index (χ1n) is 12.6. The maximum atomic E-state index is 13.9. The summed E-state index contributed by atoms with van der Waals surface area (Å²) in [5.41, 5.74) is 0.944. The van der Waals surface area contributed by atoms with E-state index in [2.05, 4.69) is 30.8 Å². The summed E-state index contributed by atoms with van der Waals surface area (Å²) in [6.45, 7) is -0.451. The van der Waals surface area contributed by atoms with E-state index >= 15 is 0 Å². The van der Waals surface area contributed by atoms with Gasteiger partial charge in [-0.1, -0.05) is 0 Å². The summed E-state index contributed by atoms with van der Waals surface area (Å²) in [7, 11) is 1.61. The topological polar surface area (TPSA) is 119 Å². The van der Waals surface area contributed by atoms with Crippen molar-refractivity contribution in [1.82, 2.24) is 40.0 Å². The number of carbonyl (C=O) groups is 2. The Morgan fingerprint density at radius 1 is 1.28 bits per heavy atom. The molecule has 0 spiro atoms. The zero-order valence-corrected chi connectivity index (χ0v) is 21.0. The Hall–Kier alpha value is -3.65. The van der Waals surface area contributed by atoms with Gasteiger partial charge >= 0.3 is 6.18 Å². The van der Waals surface area contributed by atoms with Crippen LogP contribution in [0.5, 0.6) is 0 Å². The third kappa shape index (κ3) is 5.86. The minimum absolute atomic E-state index is 0.0484. The van der Waals surface area contributed by atoms with Crippen molar-refractivity contribution in [1.29, 1.82) is 0 Å². The van der Waals surface area contributed by atoms with Crippen molar-refractivity contribution in [3.05, 3.63) is 41.7 Å². The third-order valence-electron chi connectivity index (χ3n) is 7.53. The molecular weight excluding hydrogens is 527 g/mol. The van der Waals surface area contributed by atoms with Crippen molar-refractivity contribution in [2.75, 3.05) is 6.54 Å². The number of hydrogen-bond donors (Lipinski definition) is 2. The molecule has 210 valence electrons. The fraction of sp³-hybridized carbons (Fsp3) is 0.583. The van der Waals surface area contributed by atoms with Crippen LogP contribution in [0.3, 0.4) is 0 Å². The molecule has 3 atom stereocenters. The van der Waals surface area contributed by atoms with Crippen molar-refractivity contribution in [2.45, 2.75) is 56.7 Å². The van der Waals surface area contributed by atoms with Crippen molar-refractivity contribution in [3.63, 3.8) is 0 Å². The van der Waals surface area contributed by atoms with Gasteiger partial charge in [0.25, 0.3) is 11.7 Å². The van der Waals surface area contributed by atoms with Gasteiger partial charge in [0.05, 0.1) is 35.7 Å². The number of amides is 2. The van der Waals surface area contributed by atoms with Crippen LogP contribution >= 0.6 is 0 Å². The number of rotatable bonds is 6. The number of halogens is 5. The van der Waals surface area contributed by atoms with Gasteiger partial charge in [0.15, 0.2) is 0 Å². The molecule has 15 heteroatoms. The Morgan fingerprint density at radius 3 is 2.69 bits per heavy atom. The van der Waals surface area contributed by atoms with Gasteiger partial charge in [-0.05, 0) is 31.2 Å². The minimum Gasteiger partial charge on any atom is -0.355 e. The van der Waals surface area contributed by atoms with E-state index in [0.717, 1.165) is 0 Å². The summed E-state index contributed by atoms with van der Waals surface area (Å²) in [5, 5.41) is 13.6. The molecule has 2 amide bonds. The zero-order valence-electron chi connectivity index (χ0n) is 21.0. The minimum atomic E-state index is -4.42. The maximum Gasteiger partial charge on any atom is 0.393 e.